The largest absolute Gasteiger partial charge is 0.488 e. The van der Waals surface area contributed by atoms with Gasteiger partial charge in [-0.05, 0) is 64.0 Å². The van der Waals surface area contributed by atoms with Gasteiger partial charge in [0.2, 0.25) is 0 Å². The minimum absolute atomic E-state index is 0.239. The molecule has 0 aromatic heterocycles. The van der Waals surface area contributed by atoms with Gasteiger partial charge in [-0.1, -0.05) is 82.7 Å². The highest BCUT2D eigenvalue weighted by Crippen LogP contribution is 2.36. The summed E-state index contributed by atoms with van der Waals surface area (Å²) in [5.74, 6) is 0.352. The first kappa shape index (κ1) is 22.4. The highest BCUT2D eigenvalue weighted by molar-refractivity contribution is 9.10. The highest BCUT2D eigenvalue weighted by atomic mass is 79.9. The summed E-state index contributed by atoms with van der Waals surface area (Å²) < 4.78 is 6.89. The number of fused-ring (bicyclic) bond motifs is 1. The zero-order valence-electron chi connectivity index (χ0n) is 18.1. The van der Waals surface area contributed by atoms with Crippen LogP contribution in [0.3, 0.4) is 0 Å². The molecule has 4 nitrogen and oxygen atoms in total. The summed E-state index contributed by atoms with van der Waals surface area (Å²) in [5.41, 5.74) is 2.70. The van der Waals surface area contributed by atoms with E-state index in [1.807, 2.05) is 91.0 Å². The zero-order valence-corrected chi connectivity index (χ0v) is 20.5. The van der Waals surface area contributed by atoms with Gasteiger partial charge in [0.05, 0.1) is 11.4 Å². The van der Waals surface area contributed by atoms with Crippen molar-refractivity contribution in [2.45, 2.75) is 13.2 Å². The summed E-state index contributed by atoms with van der Waals surface area (Å²) in [6.45, 7) is 0.648. The van der Waals surface area contributed by atoms with E-state index in [-0.39, 0.29) is 17.7 Å². The van der Waals surface area contributed by atoms with Crippen LogP contribution in [0, 0.1) is 0 Å². The molecule has 0 aliphatic carbocycles. The lowest BCUT2D eigenvalue weighted by atomic mass is 10.1. The molecule has 4 aromatic rings. The summed E-state index contributed by atoms with van der Waals surface area (Å²) >= 11 is 4.45. The van der Waals surface area contributed by atoms with E-state index in [4.69, 9.17) is 4.74 Å². The fraction of sp³-hybridized carbons (Fsp3) is 0.0714. The minimum atomic E-state index is -0.294. The summed E-state index contributed by atoms with van der Waals surface area (Å²) in [5, 5.41) is 1.93. The number of benzene rings is 4. The molecule has 1 aliphatic rings. The normalized spacial score (nSPS) is 14.9. The molecular weight excluding hydrogens is 510 g/mol. The molecule has 0 radical (unpaired) electrons. The van der Waals surface area contributed by atoms with Crippen molar-refractivity contribution in [3.05, 3.63) is 117 Å². The number of carbonyl (C=O) groups excluding carboxylic acids is 2. The lowest BCUT2D eigenvalue weighted by Crippen LogP contribution is -2.27. The van der Waals surface area contributed by atoms with E-state index in [1.165, 1.54) is 4.90 Å². The van der Waals surface area contributed by atoms with Crippen molar-refractivity contribution < 1.29 is 14.3 Å². The number of ether oxygens (including phenoxy) is 1. The van der Waals surface area contributed by atoms with Crippen molar-refractivity contribution >= 4 is 55.7 Å². The van der Waals surface area contributed by atoms with Crippen molar-refractivity contribution in [1.82, 2.24) is 4.90 Å². The number of hydrogen-bond donors (Lipinski definition) is 0. The molecule has 5 rings (SSSR count). The molecule has 0 bridgehead atoms. The van der Waals surface area contributed by atoms with Gasteiger partial charge in [-0.2, -0.15) is 0 Å². The molecular formula is C28H20BrNO3S. The fourth-order valence-corrected chi connectivity index (χ4v) is 5.00. The number of hydrogen-bond acceptors (Lipinski definition) is 4. The Morgan fingerprint density at radius 3 is 2.41 bits per heavy atom. The van der Waals surface area contributed by atoms with Crippen molar-refractivity contribution in [3.8, 4) is 5.75 Å². The van der Waals surface area contributed by atoms with E-state index in [2.05, 4.69) is 15.9 Å². The SMILES string of the molecule is O=C1SC(=Cc2cc(Br)ccc2OCc2ccccc2)C(=O)N1Cc1ccc2ccccc2c1. The van der Waals surface area contributed by atoms with Gasteiger partial charge in [0, 0.05) is 10.0 Å². The average molecular weight is 530 g/mol. The maximum atomic E-state index is 13.1. The third-order valence-electron chi connectivity index (χ3n) is 5.52. The standard InChI is InChI=1S/C28H20BrNO3S/c29-24-12-13-25(33-18-19-6-2-1-3-7-19)23(15-24)16-26-27(31)30(28(32)34-26)17-20-10-11-21-8-4-5-9-22(21)14-20/h1-16H,17-18H2. The Hall–Kier alpha value is -3.35. The first-order chi connectivity index (χ1) is 16.6. The molecule has 1 saturated heterocycles. The van der Waals surface area contributed by atoms with Crippen molar-refractivity contribution in [1.29, 1.82) is 0 Å². The van der Waals surface area contributed by atoms with E-state index in [1.54, 1.807) is 6.08 Å². The lowest BCUT2D eigenvalue weighted by molar-refractivity contribution is -0.123. The quantitative estimate of drug-likeness (QED) is 0.244. The number of thioether (sulfide) groups is 1. The molecule has 0 unspecified atom stereocenters. The number of amides is 2. The molecule has 1 heterocycles. The van der Waals surface area contributed by atoms with Crippen LogP contribution in [0.5, 0.6) is 5.75 Å². The van der Waals surface area contributed by atoms with Crippen LogP contribution in [0.1, 0.15) is 16.7 Å². The molecule has 0 atom stereocenters. The zero-order chi connectivity index (χ0) is 23.5. The maximum absolute atomic E-state index is 13.1. The van der Waals surface area contributed by atoms with Crippen LogP contribution in [-0.4, -0.2) is 16.0 Å². The van der Waals surface area contributed by atoms with Gasteiger partial charge in [0.15, 0.2) is 0 Å². The van der Waals surface area contributed by atoms with E-state index in [9.17, 15) is 9.59 Å². The lowest BCUT2D eigenvalue weighted by Gasteiger charge is -2.13. The van der Waals surface area contributed by atoms with Gasteiger partial charge in [0.25, 0.3) is 11.1 Å². The Balaban J connectivity index is 1.37. The Labute approximate surface area is 210 Å². The van der Waals surface area contributed by atoms with Crippen LogP contribution in [0.2, 0.25) is 0 Å². The van der Waals surface area contributed by atoms with Gasteiger partial charge < -0.3 is 4.74 Å². The first-order valence-electron chi connectivity index (χ1n) is 10.8. The molecule has 1 fully saturated rings. The van der Waals surface area contributed by atoms with Crippen molar-refractivity contribution in [2.24, 2.45) is 0 Å². The third-order valence-corrected chi connectivity index (χ3v) is 6.92. The van der Waals surface area contributed by atoms with Gasteiger partial charge in [-0.15, -0.1) is 0 Å². The third kappa shape index (κ3) is 4.93. The predicted octanol–water partition coefficient (Wildman–Crippen LogP) is 7.42. The number of imide groups is 1. The van der Waals surface area contributed by atoms with Gasteiger partial charge >= 0.3 is 0 Å². The minimum Gasteiger partial charge on any atom is -0.488 e. The second kappa shape index (κ2) is 9.87. The Kier molecular flexibility index (Phi) is 6.52. The number of nitrogens with zero attached hydrogens (tertiary/aromatic N) is 1. The molecule has 2 amide bonds. The Bertz CT molecular complexity index is 1420. The van der Waals surface area contributed by atoms with Crippen LogP contribution in [0.15, 0.2) is 100 Å². The van der Waals surface area contributed by atoms with Gasteiger partial charge in [0.1, 0.15) is 12.4 Å². The topological polar surface area (TPSA) is 46.6 Å². The van der Waals surface area contributed by atoms with Crippen LogP contribution >= 0.6 is 27.7 Å². The summed E-state index contributed by atoms with van der Waals surface area (Å²) in [6.07, 6.45) is 1.73. The Morgan fingerprint density at radius 1 is 0.824 bits per heavy atom. The summed E-state index contributed by atoms with van der Waals surface area (Å²) in [4.78, 5) is 27.5. The van der Waals surface area contributed by atoms with E-state index in [0.717, 1.165) is 43.7 Å². The number of carbonyl (C=O) groups is 2. The predicted molar refractivity (Wildman–Crippen MR) is 140 cm³/mol. The van der Waals surface area contributed by atoms with Crippen molar-refractivity contribution in [3.63, 3.8) is 0 Å². The van der Waals surface area contributed by atoms with E-state index in [0.29, 0.717) is 17.3 Å². The van der Waals surface area contributed by atoms with Crippen LogP contribution in [-0.2, 0) is 17.9 Å². The monoisotopic (exact) mass is 529 g/mol. The number of halogens is 1. The Morgan fingerprint density at radius 2 is 1.59 bits per heavy atom. The number of rotatable bonds is 6. The molecule has 6 heteroatoms. The van der Waals surface area contributed by atoms with E-state index >= 15 is 0 Å². The molecule has 0 N–H and O–H groups in total. The molecule has 34 heavy (non-hydrogen) atoms. The van der Waals surface area contributed by atoms with E-state index < -0.39 is 0 Å². The molecule has 0 saturated carbocycles. The highest BCUT2D eigenvalue weighted by Gasteiger charge is 2.35. The van der Waals surface area contributed by atoms with Crippen LogP contribution in [0.25, 0.3) is 16.8 Å². The van der Waals surface area contributed by atoms with Gasteiger partial charge in [-0.25, -0.2) is 0 Å². The van der Waals surface area contributed by atoms with Crippen LogP contribution in [0.4, 0.5) is 4.79 Å². The summed E-state index contributed by atoms with van der Waals surface area (Å²) in [7, 11) is 0. The molecule has 168 valence electrons. The van der Waals surface area contributed by atoms with Crippen LogP contribution < -0.4 is 4.74 Å². The van der Waals surface area contributed by atoms with Crippen molar-refractivity contribution in [2.75, 3.05) is 0 Å². The summed E-state index contributed by atoms with van der Waals surface area (Å²) in [6, 6.07) is 29.5. The maximum Gasteiger partial charge on any atom is 0.293 e. The smallest absolute Gasteiger partial charge is 0.293 e. The second-order valence-corrected chi connectivity index (χ2v) is 9.81. The fourth-order valence-electron chi connectivity index (χ4n) is 3.80. The second-order valence-electron chi connectivity index (χ2n) is 7.91. The molecule has 1 aliphatic heterocycles. The molecule has 0 spiro atoms. The van der Waals surface area contributed by atoms with Gasteiger partial charge in [-0.3, -0.25) is 14.5 Å². The molecule has 4 aromatic carbocycles. The average Bonchev–Trinajstić information content (AvgIpc) is 3.11. The first-order valence-corrected chi connectivity index (χ1v) is 12.4.